The van der Waals surface area contributed by atoms with Gasteiger partial charge in [-0.25, -0.2) is 13.1 Å². The van der Waals surface area contributed by atoms with Gasteiger partial charge in [-0.3, -0.25) is 0 Å². The molecule has 0 spiro atoms. The number of rotatable bonds is 8. The lowest BCUT2D eigenvalue weighted by atomic mass is 10.1. The molecule has 3 aromatic rings. The van der Waals surface area contributed by atoms with Crippen LogP contribution in [0.5, 0.6) is 5.75 Å². The maximum Gasteiger partial charge on any atom is 0.244 e. The number of nitriles is 1. The number of benzene rings is 2. The van der Waals surface area contributed by atoms with Crippen LogP contribution in [0, 0.1) is 11.3 Å². The number of hydrogen-bond acceptors (Lipinski definition) is 8. The van der Waals surface area contributed by atoms with Gasteiger partial charge in [0, 0.05) is 12.1 Å². The zero-order valence-corrected chi connectivity index (χ0v) is 16.3. The SMILES string of the molecule is COc1cc(-c2nnn(Cc3ccc(C#N)cc3)n2)ccc1S(=O)(=O)NCCO. The molecular weight excluding hydrogens is 396 g/mol. The number of ether oxygens (including phenoxy) is 1. The summed E-state index contributed by atoms with van der Waals surface area (Å²) >= 11 is 0. The molecule has 0 bridgehead atoms. The molecule has 1 aromatic heterocycles. The topological polar surface area (TPSA) is 143 Å². The molecule has 0 aliphatic carbocycles. The fraction of sp³-hybridized carbons (Fsp3) is 0.222. The molecule has 0 atom stereocenters. The zero-order valence-electron chi connectivity index (χ0n) is 15.5. The summed E-state index contributed by atoms with van der Waals surface area (Å²) in [5, 5.41) is 30.0. The molecule has 0 fully saturated rings. The lowest BCUT2D eigenvalue weighted by Crippen LogP contribution is -2.27. The minimum absolute atomic E-state index is 0.0535. The molecule has 0 aliphatic rings. The third kappa shape index (κ3) is 4.75. The van der Waals surface area contributed by atoms with Crippen molar-refractivity contribution in [1.29, 1.82) is 5.26 Å². The predicted molar refractivity (Wildman–Crippen MR) is 102 cm³/mol. The molecule has 11 heteroatoms. The van der Waals surface area contributed by atoms with Crippen LogP contribution in [-0.4, -0.2) is 54.0 Å². The van der Waals surface area contributed by atoms with Gasteiger partial charge in [-0.1, -0.05) is 12.1 Å². The lowest BCUT2D eigenvalue weighted by Gasteiger charge is -2.10. The van der Waals surface area contributed by atoms with Gasteiger partial charge in [0.2, 0.25) is 15.8 Å². The monoisotopic (exact) mass is 414 g/mol. The van der Waals surface area contributed by atoms with E-state index in [4.69, 9.17) is 15.1 Å². The van der Waals surface area contributed by atoms with E-state index in [1.54, 1.807) is 18.2 Å². The number of aromatic nitrogens is 4. The number of nitrogens with one attached hydrogen (secondary N) is 1. The average Bonchev–Trinajstić information content (AvgIpc) is 3.21. The average molecular weight is 414 g/mol. The van der Waals surface area contributed by atoms with Crippen LogP contribution in [0.25, 0.3) is 11.4 Å². The Morgan fingerprint density at radius 3 is 2.66 bits per heavy atom. The molecule has 0 aliphatic heterocycles. The fourth-order valence-electron chi connectivity index (χ4n) is 2.56. The number of aliphatic hydroxyl groups excluding tert-OH is 1. The molecule has 0 saturated carbocycles. The minimum Gasteiger partial charge on any atom is -0.495 e. The van der Waals surface area contributed by atoms with E-state index >= 15 is 0 Å². The van der Waals surface area contributed by atoms with Gasteiger partial charge < -0.3 is 9.84 Å². The van der Waals surface area contributed by atoms with E-state index in [1.165, 1.54) is 24.0 Å². The number of methoxy groups -OCH3 is 1. The first-order chi connectivity index (χ1) is 14.0. The van der Waals surface area contributed by atoms with E-state index in [1.807, 2.05) is 12.1 Å². The second-order valence-electron chi connectivity index (χ2n) is 5.94. The summed E-state index contributed by atoms with van der Waals surface area (Å²) in [6.07, 6.45) is 0. The molecule has 0 saturated heterocycles. The normalized spacial score (nSPS) is 11.2. The third-order valence-corrected chi connectivity index (χ3v) is 5.48. The van der Waals surface area contributed by atoms with Crippen LogP contribution in [0.3, 0.4) is 0 Å². The Balaban J connectivity index is 1.83. The van der Waals surface area contributed by atoms with Crippen LogP contribution in [0.15, 0.2) is 47.4 Å². The summed E-state index contributed by atoms with van der Waals surface area (Å²) in [4.78, 5) is 1.35. The highest BCUT2D eigenvalue weighted by molar-refractivity contribution is 7.89. The summed E-state index contributed by atoms with van der Waals surface area (Å²) < 4.78 is 32.1. The summed E-state index contributed by atoms with van der Waals surface area (Å²) in [6.45, 7) is -0.0439. The van der Waals surface area contributed by atoms with E-state index in [9.17, 15) is 8.42 Å². The van der Waals surface area contributed by atoms with Crippen LogP contribution in [0.2, 0.25) is 0 Å². The Morgan fingerprint density at radius 1 is 1.24 bits per heavy atom. The third-order valence-electron chi connectivity index (χ3n) is 3.98. The lowest BCUT2D eigenvalue weighted by molar-refractivity contribution is 0.301. The van der Waals surface area contributed by atoms with Crippen LogP contribution < -0.4 is 9.46 Å². The molecule has 2 aromatic carbocycles. The van der Waals surface area contributed by atoms with Crippen molar-refractivity contribution in [2.45, 2.75) is 11.4 Å². The van der Waals surface area contributed by atoms with Crippen molar-refractivity contribution in [1.82, 2.24) is 24.9 Å². The van der Waals surface area contributed by atoms with Gasteiger partial charge >= 0.3 is 0 Å². The van der Waals surface area contributed by atoms with Crippen LogP contribution in [0.4, 0.5) is 0 Å². The number of aliphatic hydroxyl groups is 1. The van der Waals surface area contributed by atoms with Gasteiger partial charge in [0.1, 0.15) is 10.6 Å². The highest BCUT2D eigenvalue weighted by atomic mass is 32.2. The molecule has 150 valence electrons. The van der Waals surface area contributed by atoms with Gasteiger partial charge in [0.25, 0.3) is 0 Å². The van der Waals surface area contributed by atoms with Crippen molar-refractivity contribution >= 4 is 10.0 Å². The number of tetrazole rings is 1. The molecule has 0 radical (unpaired) electrons. The van der Waals surface area contributed by atoms with Gasteiger partial charge in [0.05, 0.1) is 31.9 Å². The molecular formula is C18H18N6O4S. The molecule has 29 heavy (non-hydrogen) atoms. The number of hydrogen-bond donors (Lipinski definition) is 2. The second-order valence-corrected chi connectivity index (χ2v) is 7.67. The number of sulfonamides is 1. The largest absolute Gasteiger partial charge is 0.495 e. The summed E-state index contributed by atoms with van der Waals surface area (Å²) in [5.74, 6) is 0.431. The minimum atomic E-state index is -3.82. The Bertz CT molecular complexity index is 1140. The van der Waals surface area contributed by atoms with Crippen molar-refractivity contribution in [3.63, 3.8) is 0 Å². The van der Waals surface area contributed by atoms with Gasteiger partial charge in [-0.2, -0.15) is 10.1 Å². The van der Waals surface area contributed by atoms with Crippen molar-refractivity contribution in [2.24, 2.45) is 0 Å². The molecule has 10 nitrogen and oxygen atoms in total. The Kier molecular flexibility index (Phi) is 6.18. The highest BCUT2D eigenvalue weighted by Gasteiger charge is 2.20. The molecule has 1 heterocycles. The molecule has 3 rings (SSSR count). The zero-order chi connectivity index (χ0) is 20.9. The van der Waals surface area contributed by atoms with Gasteiger partial charge in [-0.05, 0) is 41.1 Å². The van der Waals surface area contributed by atoms with Crippen molar-refractivity contribution in [3.8, 4) is 23.2 Å². The number of nitrogens with zero attached hydrogens (tertiary/aromatic N) is 5. The van der Waals surface area contributed by atoms with E-state index in [2.05, 4.69) is 26.2 Å². The predicted octanol–water partition coefficient (Wildman–Crippen LogP) is 0.539. The standard InChI is InChI=1S/C18H18N6O4S/c1-28-16-10-15(6-7-17(16)29(26,27)20-8-9-25)18-21-23-24(22-18)12-14-4-2-13(11-19)3-5-14/h2-7,10,20,25H,8-9,12H2,1H3. The Hall–Kier alpha value is -3.33. The van der Waals surface area contributed by atoms with E-state index < -0.39 is 10.0 Å². The van der Waals surface area contributed by atoms with E-state index in [0.717, 1.165) is 5.56 Å². The maximum absolute atomic E-state index is 12.3. The quantitative estimate of drug-likeness (QED) is 0.544. The van der Waals surface area contributed by atoms with E-state index in [0.29, 0.717) is 23.5 Å². The summed E-state index contributed by atoms with van der Waals surface area (Å²) in [5.41, 5.74) is 2.01. The van der Waals surface area contributed by atoms with Gasteiger partial charge in [-0.15, -0.1) is 10.2 Å². The van der Waals surface area contributed by atoms with Gasteiger partial charge in [0.15, 0.2) is 0 Å². The van der Waals surface area contributed by atoms with Crippen molar-refractivity contribution in [2.75, 3.05) is 20.3 Å². The van der Waals surface area contributed by atoms with E-state index in [-0.39, 0.29) is 23.8 Å². The smallest absolute Gasteiger partial charge is 0.244 e. The van der Waals surface area contributed by atoms with Crippen LogP contribution in [0.1, 0.15) is 11.1 Å². The first-order valence-electron chi connectivity index (χ1n) is 8.52. The Labute approximate surface area is 167 Å². The summed E-state index contributed by atoms with van der Waals surface area (Å²) in [7, 11) is -2.46. The van der Waals surface area contributed by atoms with Crippen LogP contribution >= 0.6 is 0 Å². The molecule has 0 unspecified atom stereocenters. The molecule has 0 amide bonds. The Morgan fingerprint density at radius 2 is 2.00 bits per heavy atom. The first kappa shape index (κ1) is 20.4. The van der Waals surface area contributed by atoms with Crippen molar-refractivity contribution in [3.05, 3.63) is 53.6 Å². The van der Waals surface area contributed by atoms with Crippen LogP contribution in [-0.2, 0) is 16.6 Å². The second kappa shape index (κ2) is 8.78. The van der Waals surface area contributed by atoms with Crippen molar-refractivity contribution < 1.29 is 18.3 Å². The highest BCUT2D eigenvalue weighted by Crippen LogP contribution is 2.28. The fourth-order valence-corrected chi connectivity index (χ4v) is 3.73. The first-order valence-corrected chi connectivity index (χ1v) is 10.0. The maximum atomic E-state index is 12.3. The summed E-state index contributed by atoms with van der Waals surface area (Å²) in [6, 6.07) is 13.5. The molecule has 2 N–H and O–H groups in total.